The van der Waals surface area contributed by atoms with Crippen LogP contribution in [0.15, 0.2) is 0 Å². The van der Waals surface area contributed by atoms with Crippen LogP contribution in [0.3, 0.4) is 0 Å². The molecule has 0 aliphatic heterocycles. The summed E-state index contributed by atoms with van der Waals surface area (Å²) < 4.78 is 0. The molecule has 0 aliphatic rings. The third-order valence-corrected chi connectivity index (χ3v) is 1.04. The molecule has 0 saturated carbocycles. The van der Waals surface area contributed by atoms with Gasteiger partial charge in [0.1, 0.15) is 0 Å². The zero-order chi connectivity index (χ0) is 4.99. The molecule has 0 aromatic heterocycles. The van der Waals surface area contributed by atoms with Gasteiger partial charge in [-0.25, -0.2) is 0 Å². The van der Waals surface area contributed by atoms with E-state index in [-0.39, 0.29) is 27.4 Å². The fraction of sp³-hybridized carbons (Fsp3) is 0.857. The van der Waals surface area contributed by atoms with Crippen molar-refractivity contribution < 1.29 is 4.79 Å². The van der Waals surface area contributed by atoms with Crippen molar-refractivity contribution in [3.8, 4) is 0 Å². The minimum absolute atomic E-state index is 0. The van der Waals surface area contributed by atoms with Crippen LogP contribution in [0.1, 0.15) is 36.1 Å². The van der Waals surface area contributed by atoms with Crippen molar-refractivity contribution in [1.82, 2.24) is 0 Å². The molecule has 0 bridgehead atoms. The standard InChI is InChI=1S/C4H8OS.3CH4/c1-3-6-4(2)5;;;/h3H2,1-2H3;3*1H4. The number of hydrogen-bond donors (Lipinski definition) is 0. The highest BCUT2D eigenvalue weighted by molar-refractivity contribution is 8.13. The van der Waals surface area contributed by atoms with Crippen LogP contribution in [0, 0.1) is 0 Å². The maximum Gasteiger partial charge on any atom is 0.185 e. The highest BCUT2D eigenvalue weighted by Crippen LogP contribution is 1.96. The Hall–Kier alpha value is 0.0200. The largest absolute Gasteiger partial charge is 0.288 e. The molecule has 0 fully saturated rings. The number of thioether (sulfide) groups is 1. The third kappa shape index (κ3) is 31.9. The van der Waals surface area contributed by atoms with E-state index in [4.69, 9.17) is 0 Å². The fourth-order valence-electron chi connectivity index (χ4n) is 0.203. The highest BCUT2D eigenvalue weighted by Gasteiger charge is 1.84. The zero-order valence-electron chi connectivity index (χ0n) is 4.02. The lowest BCUT2D eigenvalue weighted by atomic mass is 10.9. The quantitative estimate of drug-likeness (QED) is 0.574. The first-order chi connectivity index (χ1) is 2.77. The molecule has 0 N–H and O–H groups in total. The minimum Gasteiger partial charge on any atom is -0.288 e. The van der Waals surface area contributed by atoms with E-state index in [0.717, 1.165) is 5.75 Å². The minimum atomic E-state index is 0. The maximum atomic E-state index is 10.0. The molecule has 0 aromatic carbocycles. The Morgan fingerprint density at radius 3 is 1.67 bits per heavy atom. The van der Waals surface area contributed by atoms with Crippen molar-refractivity contribution in [3.05, 3.63) is 0 Å². The van der Waals surface area contributed by atoms with Crippen LogP contribution in [0.2, 0.25) is 0 Å². The summed E-state index contributed by atoms with van der Waals surface area (Å²) in [6.45, 7) is 3.54. The van der Waals surface area contributed by atoms with Gasteiger partial charge < -0.3 is 0 Å². The Morgan fingerprint density at radius 2 is 1.67 bits per heavy atom. The molecule has 0 saturated heterocycles. The molecule has 9 heavy (non-hydrogen) atoms. The molecule has 0 radical (unpaired) electrons. The molecule has 0 atom stereocenters. The van der Waals surface area contributed by atoms with Crippen LogP contribution in [-0.2, 0) is 4.79 Å². The van der Waals surface area contributed by atoms with Gasteiger partial charge in [-0.15, -0.1) is 0 Å². The van der Waals surface area contributed by atoms with Gasteiger partial charge in [-0.2, -0.15) is 0 Å². The van der Waals surface area contributed by atoms with E-state index in [2.05, 4.69) is 0 Å². The van der Waals surface area contributed by atoms with Gasteiger partial charge in [0, 0.05) is 6.92 Å². The first kappa shape index (κ1) is 23.0. The third-order valence-electron chi connectivity index (χ3n) is 0.348. The molecule has 0 aromatic rings. The van der Waals surface area contributed by atoms with Crippen LogP contribution in [0.4, 0.5) is 0 Å². The van der Waals surface area contributed by atoms with Gasteiger partial charge in [0.25, 0.3) is 0 Å². The molecule has 0 amide bonds. The Kier molecular flexibility index (Phi) is 40.1. The van der Waals surface area contributed by atoms with Crippen LogP contribution in [0.25, 0.3) is 0 Å². The van der Waals surface area contributed by atoms with Gasteiger partial charge in [-0.3, -0.25) is 4.79 Å². The van der Waals surface area contributed by atoms with Gasteiger partial charge >= 0.3 is 0 Å². The summed E-state index contributed by atoms with van der Waals surface area (Å²) in [6, 6.07) is 0. The van der Waals surface area contributed by atoms with Crippen molar-refractivity contribution in [3.63, 3.8) is 0 Å². The smallest absolute Gasteiger partial charge is 0.185 e. The summed E-state index contributed by atoms with van der Waals surface area (Å²) in [5, 5.41) is 0.206. The molecule has 0 unspecified atom stereocenters. The second kappa shape index (κ2) is 15.7. The van der Waals surface area contributed by atoms with Crippen molar-refractivity contribution in [2.24, 2.45) is 0 Å². The van der Waals surface area contributed by atoms with Crippen LogP contribution in [-0.4, -0.2) is 10.9 Å². The number of hydrogen-bond acceptors (Lipinski definition) is 2. The monoisotopic (exact) mass is 152 g/mol. The first-order valence-electron chi connectivity index (χ1n) is 1.90. The van der Waals surface area contributed by atoms with Crippen LogP contribution >= 0.6 is 11.8 Å². The average molecular weight is 152 g/mol. The van der Waals surface area contributed by atoms with Gasteiger partial charge in [-0.1, -0.05) is 41.0 Å². The maximum absolute atomic E-state index is 10.0. The molecular weight excluding hydrogens is 132 g/mol. The van der Waals surface area contributed by atoms with Gasteiger partial charge in [0.2, 0.25) is 0 Å². The van der Waals surface area contributed by atoms with E-state index in [1.54, 1.807) is 6.92 Å². The van der Waals surface area contributed by atoms with E-state index in [1.165, 1.54) is 11.8 Å². The summed E-state index contributed by atoms with van der Waals surface area (Å²) in [4.78, 5) is 10.0. The van der Waals surface area contributed by atoms with Crippen molar-refractivity contribution >= 4 is 16.9 Å². The van der Waals surface area contributed by atoms with E-state index >= 15 is 0 Å². The van der Waals surface area contributed by atoms with Gasteiger partial charge in [-0.05, 0) is 5.75 Å². The first-order valence-corrected chi connectivity index (χ1v) is 2.89. The number of carbonyl (C=O) groups is 1. The average Bonchev–Trinajstić information content (AvgIpc) is 1.35. The summed E-state index contributed by atoms with van der Waals surface area (Å²) in [5.41, 5.74) is 0. The number of rotatable bonds is 1. The predicted octanol–water partition coefficient (Wildman–Crippen LogP) is 3.19. The van der Waals surface area contributed by atoms with Crippen molar-refractivity contribution in [2.75, 3.05) is 5.75 Å². The highest BCUT2D eigenvalue weighted by atomic mass is 32.2. The molecule has 0 aliphatic carbocycles. The van der Waals surface area contributed by atoms with Crippen molar-refractivity contribution in [1.29, 1.82) is 0 Å². The van der Waals surface area contributed by atoms with E-state index < -0.39 is 0 Å². The summed E-state index contributed by atoms with van der Waals surface area (Å²) in [7, 11) is 0. The molecule has 60 valence electrons. The summed E-state index contributed by atoms with van der Waals surface area (Å²) in [6.07, 6.45) is 0. The molecule has 0 spiro atoms. The Labute approximate surface area is 64.2 Å². The Morgan fingerprint density at radius 1 is 1.33 bits per heavy atom. The van der Waals surface area contributed by atoms with Gasteiger partial charge in [0.15, 0.2) is 5.12 Å². The molecule has 1 nitrogen and oxygen atoms in total. The number of carbonyl (C=O) groups excluding carboxylic acids is 1. The Balaban J connectivity index is -0.0000000417. The lowest BCUT2D eigenvalue weighted by Crippen LogP contribution is -1.78. The van der Waals surface area contributed by atoms with Gasteiger partial charge in [0.05, 0.1) is 0 Å². The van der Waals surface area contributed by atoms with E-state index in [9.17, 15) is 4.79 Å². The van der Waals surface area contributed by atoms with E-state index in [0.29, 0.717) is 0 Å². The molecule has 0 rings (SSSR count). The van der Waals surface area contributed by atoms with Crippen LogP contribution < -0.4 is 0 Å². The summed E-state index contributed by atoms with van der Waals surface area (Å²) >= 11 is 1.35. The predicted molar refractivity (Wildman–Crippen MR) is 49.0 cm³/mol. The second-order valence-corrected chi connectivity index (χ2v) is 2.37. The van der Waals surface area contributed by atoms with Crippen molar-refractivity contribution in [2.45, 2.75) is 36.1 Å². The normalized spacial score (nSPS) is 5.56. The molecular formula is C7H20OS. The zero-order valence-corrected chi connectivity index (χ0v) is 4.84. The molecule has 2 heteroatoms. The summed E-state index contributed by atoms with van der Waals surface area (Å²) in [5.74, 6) is 0.898. The molecule has 0 heterocycles. The second-order valence-electron chi connectivity index (χ2n) is 0.925. The Bertz CT molecular complexity index is 52.9. The SMILES string of the molecule is C.C.C.CCSC(C)=O. The lowest BCUT2D eigenvalue weighted by molar-refractivity contribution is -0.109. The van der Waals surface area contributed by atoms with E-state index in [1.807, 2.05) is 6.92 Å². The fourth-order valence-corrected chi connectivity index (χ4v) is 0.610. The van der Waals surface area contributed by atoms with Crippen LogP contribution in [0.5, 0.6) is 0 Å². The lowest BCUT2D eigenvalue weighted by Gasteiger charge is -1.80. The topological polar surface area (TPSA) is 17.1 Å².